The van der Waals surface area contributed by atoms with Gasteiger partial charge < -0.3 is 5.73 Å². The largest absolute Gasteiger partial charge is 0.451 e. The summed E-state index contributed by atoms with van der Waals surface area (Å²) in [5.74, 6) is -2.24. The molecule has 0 amide bonds. The highest BCUT2D eigenvalue weighted by atomic mass is 19.4. The van der Waals surface area contributed by atoms with Crippen LogP contribution in [0, 0.1) is 5.82 Å². The second-order valence-electron chi connectivity index (χ2n) is 3.51. The minimum absolute atomic E-state index is 0.0747. The maximum absolute atomic E-state index is 13.0. The summed E-state index contributed by atoms with van der Waals surface area (Å²) in [7, 11) is 0. The second kappa shape index (κ2) is 4.25. The molecule has 3 nitrogen and oxygen atoms in total. The molecule has 1 heterocycles. The normalized spacial score (nSPS) is 11.6. The van der Waals surface area contributed by atoms with Crippen molar-refractivity contribution in [1.29, 1.82) is 0 Å². The van der Waals surface area contributed by atoms with Gasteiger partial charge in [-0.3, -0.25) is 0 Å². The van der Waals surface area contributed by atoms with Gasteiger partial charge in [-0.25, -0.2) is 14.4 Å². The molecule has 0 saturated heterocycles. The number of alkyl halides is 3. The molecule has 0 aliphatic heterocycles. The van der Waals surface area contributed by atoms with Crippen molar-refractivity contribution in [3.05, 3.63) is 42.0 Å². The first-order chi connectivity index (χ1) is 8.36. The van der Waals surface area contributed by atoms with Gasteiger partial charge in [0.2, 0.25) is 5.82 Å². The standard InChI is InChI=1S/C11H7F4N3/c12-7-3-1-2-6(4-7)8-5-9(16)18-10(17-8)11(13,14)15/h1-5H,(H2,16,17,18). The number of anilines is 1. The second-order valence-corrected chi connectivity index (χ2v) is 3.51. The fraction of sp³-hybridized carbons (Fsp3) is 0.0909. The molecule has 0 aliphatic rings. The number of benzene rings is 1. The highest BCUT2D eigenvalue weighted by molar-refractivity contribution is 5.61. The molecule has 0 bridgehead atoms. The van der Waals surface area contributed by atoms with E-state index in [0.29, 0.717) is 0 Å². The number of rotatable bonds is 1. The third kappa shape index (κ3) is 2.55. The smallest absolute Gasteiger partial charge is 0.384 e. The molecular weight excluding hydrogens is 250 g/mol. The zero-order valence-corrected chi connectivity index (χ0v) is 8.87. The van der Waals surface area contributed by atoms with E-state index in [-0.39, 0.29) is 17.1 Å². The van der Waals surface area contributed by atoms with Crippen LogP contribution in [-0.2, 0) is 6.18 Å². The Morgan fingerprint density at radius 3 is 2.39 bits per heavy atom. The Balaban J connectivity index is 2.55. The van der Waals surface area contributed by atoms with Crippen LogP contribution >= 0.6 is 0 Å². The van der Waals surface area contributed by atoms with Crippen molar-refractivity contribution in [3.8, 4) is 11.3 Å². The van der Waals surface area contributed by atoms with Gasteiger partial charge in [0.25, 0.3) is 0 Å². The molecule has 2 aromatic rings. The monoisotopic (exact) mass is 257 g/mol. The first-order valence-corrected chi connectivity index (χ1v) is 4.84. The Morgan fingerprint density at radius 1 is 1.06 bits per heavy atom. The highest BCUT2D eigenvalue weighted by Crippen LogP contribution is 2.29. The summed E-state index contributed by atoms with van der Waals surface area (Å²) in [6, 6.07) is 6.21. The molecule has 0 aliphatic carbocycles. The zero-order chi connectivity index (χ0) is 13.3. The van der Waals surface area contributed by atoms with Crippen molar-refractivity contribution < 1.29 is 17.6 Å². The van der Waals surface area contributed by atoms with E-state index >= 15 is 0 Å². The molecule has 0 spiro atoms. The summed E-state index contributed by atoms with van der Waals surface area (Å²) in [6.07, 6.45) is -4.70. The van der Waals surface area contributed by atoms with Crippen molar-refractivity contribution in [2.75, 3.05) is 5.73 Å². The summed E-state index contributed by atoms with van der Waals surface area (Å²) >= 11 is 0. The molecule has 2 N–H and O–H groups in total. The van der Waals surface area contributed by atoms with Crippen molar-refractivity contribution in [2.45, 2.75) is 6.18 Å². The summed E-state index contributed by atoms with van der Waals surface area (Å²) in [5.41, 5.74) is 5.42. The Hall–Kier alpha value is -2.18. The van der Waals surface area contributed by atoms with E-state index in [9.17, 15) is 17.6 Å². The van der Waals surface area contributed by atoms with Gasteiger partial charge in [0.05, 0.1) is 5.69 Å². The fourth-order valence-corrected chi connectivity index (χ4v) is 1.39. The van der Waals surface area contributed by atoms with E-state index in [2.05, 4.69) is 9.97 Å². The molecular formula is C11H7F4N3. The molecule has 18 heavy (non-hydrogen) atoms. The van der Waals surface area contributed by atoms with E-state index in [1.807, 2.05) is 0 Å². The molecule has 2 rings (SSSR count). The molecule has 0 radical (unpaired) electrons. The third-order valence-corrected chi connectivity index (χ3v) is 2.12. The van der Waals surface area contributed by atoms with Crippen LogP contribution in [0.3, 0.4) is 0 Å². The lowest BCUT2D eigenvalue weighted by Gasteiger charge is -2.08. The van der Waals surface area contributed by atoms with Crippen LogP contribution in [0.5, 0.6) is 0 Å². The predicted octanol–water partition coefficient (Wildman–Crippen LogP) is 2.88. The average Bonchev–Trinajstić information content (AvgIpc) is 2.27. The van der Waals surface area contributed by atoms with Gasteiger partial charge in [0, 0.05) is 11.6 Å². The first kappa shape index (κ1) is 12.3. The highest BCUT2D eigenvalue weighted by Gasteiger charge is 2.35. The van der Waals surface area contributed by atoms with Crippen LogP contribution in [-0.4, -0.2) is 9.97 Å². The van der Waals surface area contributed by atoms with Crippen LogP contribution in [0.1, 0.15) is 5.82 Å². The van der Waals surface area contributed by atoms with E-state index in [4.69, 9.17) is 5.73 Å². The summed E-state index contributed by atoms with van der Waals surface area (Å²) in [6.45, 7) is 0. The van der Waals surface area contributed by atoms with Gasteiger partial charge in [-0.1, -0.05) is 12.1 Å². The van der Waals surface area contributed by atoms with Gasteiger partial charge >= 0.3 is 6.18 Å². The van der Waals surface area contributed by atoms with Crippen LogP contribution in [0.15, 0.2) is 30.3 Å². The predicted molar refractivity (Wildman–Crippen MR) is 56.8 cm³/mol. The molecule has 0 unspecified atom stereocenters. The summed E-state index contributed by atoms with van der Waals surface area (Å²) in [5, 5.41) is 0. The van der Waals surface area contributed by atoms with Crippen LogP contribution in [0.4, 0.5) is 23.4 Å². The molecule has 0 fully saturated rings. The number of aromatic nitrogens is 2. The zero-order valence-electron chi connectivity index (χ0n) is 8.87. The van der Waals surface area contributed by atoms with E-state index < -0.39 is 17.8 Å². The van der Waals surface area contributed by atoms with Gasteiger partial charge in [0.1, 0.15) is 11.6 Å². The average molecular weight is 257 g/mol. The molecule has 1 aromatic carbocycles. The van der Waals surface area contributed by atoms with E-state index in [1.165, 1.54) is 18.2 Å². The Labute approximate surface area is 99.3 Å². The molecule has 0 atom stereocenters. The van der Waals surface area contributed by atoms with Crippen molar-refractivity contribution in [3.63, 3.8) is 0 Å². The minimum atomic E-state index is -4.70. The van der Waals surface area contributed by atoms with Gasteiger partial charge in [-0.05, 0) is 12.1 Å². The Kier molecular flexibility index (Phi) is 2.90. The van der Waals surface area contributed by atoms with Crippen LogP contribution < -0.4 is 5.73 Å². The number of hydrogen-bond acceptors (Lipinski definition) is 3. The van der Waals surface area contributed by atoms with Gasteiger partial charge in [-0.2, -0.15) is 13.2 Å². The lowest BCUT2D eigenvalue weighted by atomic mass is 10.1. The fourth-order valence-electron chi connectivity index (χ4n) is 1.39. The van der Waals surface area contributed by atoms with Crippen molar-refractivity contribution >= 4 is 5.82 Å². The first-order valence-electron chi connectivity index (χ1n) is 4.84. The van der Waals surface area contributed by atoms with Gasteiger partial charge in [0.15, 0.2) is 0 Å². The van der Waals surface area contributed by atoms with E-state index in [1.54, 1.807) is 0 Å². The van der Waals surface area contributed by atoms with Crippen molar-refractivity contribution in [1.82, 2.24) is 9.97 Å². The maximum atomic E-state index is 13.0. The third-order valence-electron chi connectivity index (χ3n) is 2.12. The minimum Gasteiger partial charge on any atom is -0.384 e. The van der Waals surface area contributed by atoms with Gasteiger partial charge in [-0.15, -0.1) is 0 Å². The summed E-state index contributed by atoms with van der Waals surface area (Å²) in [4.78, 5) is 6.43. The number of nitrogen functional groups attached to an aromatic ring is 1. The van der Waals surface area contributed by atoms with Crippen molar-refractivity contribution in [2.24, 2.45) is 0 Å². The topological polar surface area (TPSA) is 51.8 Å². The number of halogens is 4. The molecule has 7 heteroatoms. The van der Waals surface area contributed by atoms with Crippen LogP contribution in [0.25, 0.3) is 11.3 Å². The quantitative estimate of drug-likeness (QED) is 0.799. The maximum Gasteiger partial charge on any atom is 0.451 e. The SMILES string of the molecule is Nc1cc(-c2cccc(F)c2)nc(C(F)(F)F)n1. The molecule has 1 aromatic heterocycles. The molecule has 94 valence electrons. The molecule has 0 saturated carbocycles. The number of nitrogens with zero attached hydrogens (tertiary/aromatic N) is 2. The Bertz CT molecular complexity index is 581. The lowest BCUT2D eigenvalue weighted by molar-refractivity contribution is -0.144. The summed E-state index contributed by atoms with van der Waals surface area (Å²) < 4.78 is 50.5. The number of nitrogens with two attached hydrogens (primary N) is 1. The van der Waals surface area contributed by atoms with Crippen LogP contribution in [0.2, 0.25) is 0 Å². The number of hydrogen-bond donors (Lipinski definition) is 1. The van der Waals surface area contributed by atoms with E-state index in [0.717, 1.165) is 12.1 Å². The Morgan fingerprint density at radius 2 is 1.78 bits per heavy atom. The lowest BCUT2D eigenvalue weighted by Crippen LogP contribution is -2.13.